The van der Waals surface area contributed by atoms with Crippen molar-refractivity contribution in [3.63, 3.8) is 0 Å². The van der Waals surface area contributed by atoms with Crippen molar-refractivity contribution in [3.8, 4) is 11.5 Å². The van der Waals surface area contributed by atoms with Gasteiger partial charge in [-0.05, 0) is 63.1 Å². The fourth-order valence-corrected chi connectivity index (χ4v) is 3.80. The molecule has 1 N–H and O–H groups in total. The SMILES string of the molecule is COc1ccc(OC)c([C@@H]2CCCN2CC(=O)Nc2ccc(C)cc2C)c1. The van der Waals surface area contributed by atoms with Crippen molar-refractivity contribution in [2.24, 2.45) is 0 Å². The van der Waals surface area contributed by atoms with Gasteiger partial charge in [0.25, 0.3) is 0 Å². The first kappa shape index (κ1) is 19.2. The van der Waals surface area contributed by atoms with Crippen LogP contribution in [0.1, 0.15) is 35.6 Å². The molecule has 5 nitrogen and oxygen atoms in total. The lowest BCUT2D eigenvalue weighted by molar-refractivity contribution is -0.117. The summed E-state index contributed by atoms with van der Waals surface area (Å²) in [4.78, 5) is 14.9. The van der Waals surface area contributed by atoms with Crippen molar-refractivity contribution in [1.82, 2.24) is 4.90 Å². The van der Waals surface area contributed by atoms with Crippen molar-refractivity contribution >= 4 is 11.6 Å². The monoisotopic (exact) mass is 368 g/mol. The van der Waals surface area contributed by atoms with Gasteiger partial charge in [-0.3, -0.25) is 9.69 Å². The van der Waals surface area contributed by atoms with Crippen molar-refractivity contribution in [1.29, 1.82) is 0 Å². The average Bonchev–Trinajstić information content (AvgIpc) is 3.11. The second kappa shape index (κ2) is 8.44. The van der Waals surface area contributed by atoms with E-state index in [9.17, 15) is 4.79 Å². The van der Waals surface area contributed by atoms with Gasteiger partial charge in [0.1, 0.15) is 11.5 Å². The van der Waals surface area contributed by atoms with E-state index in [1.54, 1.807) is 14.2 Å². The predicted octanol–water partition coefficient (Wildman–Crippen LogP) is 4.10. The third-order valence-corrected chi connectivity index (χ3v) is 5.16. The Balaban J connectivity index is 1.74. The number of aryl methyl sites for hydroxylation is 2. The van der Waals surface area contributed by atoms with E-state index in [-0.39, 0.29) is 11.9 Å². The number of carbonyl (C=O) groups excluding carboxylic acids is 1. The van der Waals surface area contributed by atoms with E-state index in [1.807, 2.05) is 37.3 Å². The first-order valence-electron chi connectivity index (χ1n) is 9.35. The number of hydrogen-bond donors (Lipinski definition) is 1. The van der Waals surface area contributed by atoms with Gasteiger partial charge in [-0.1, -0.05) is 17.7 Å². The number of nitrogens with zero attached hydrogens (tertiary/aromatic N) is 1. The molecule has 1 atom stereocenters. The molecule has 1 fully saturated rings. The number of carbonyl (C=O) groups is 1. The molecule has 0 aliphatic carbocycles. The minimum atomic E-state index is 0.00992. The highest BCUT2D eigenvalue weighted by Crippen LogP contribution is 2.38. The summed E-state index contributed by atoms with van der Waals surface area (Å²) in [7, 11) is 3.34. The summed E-state index contributed by atoms with van der Waals surface area (Å²) in [6.07, 6.45) is 2.06. The number of nitrogens with one attached hydrogen (secondary N) is 1. The zero-order chi connectivity index (χ0) is 19.4. The van der Waals surface area contributed by atoms with Crippen LogP contribution in [-0.4, -0.2) is 38.1 Å². The normalized spacial score (nSPS) is 17.0. The van der Waals surface area contributed by atoms with E-state index in [2.05, 4.69) is 23.2 Å². The molecule has 5 heteroatoms. The summed E-state index contributed by atoms with van der Waals surface area (Å²) >= 11 is 0. The zero-order valence-electron chi connectivity index (χ0n) is 16.5. The fraction of sp³-hybridized carbons (Fsp3) is 0.409. The highest BCUT2D eigenvalue weighted by molar-refractivity contribution is 5.93. The maximum Gasteiger partial charge on any atom is 0.238 e. The predicted molar refractivity (Wildman–Crippen MR) is 108 cm³/mol. The second-order valence-electron chi connectivity index (χ2n) is 7.10. The largest absolute Gasteiger partial charge is 0.497 e. The van der Waals surface area contributed by atoms with Crippen LogP contribution in [0.3, 0.4) is 0 Å². The summed E-state index contributed by atoms with van der Waals surface area (Å²) in [5.74, 6) is 1.65. The lowest BCUT2D eigenvalue weighted by atomic mass is 10.0. The molecule has 1 saturated heterocycles. The minimum absolute atomic E-state index is 0.00992. The van der Waals surface area contributed by atoms with Crippen LogP contribution in [0.4, 0.5) is 5.69 Å². The van der Waals surface area contributed by atoms with Crippen LogP contribution in [0.15, 0.2) is 36.4 Å². The van der Waals surface area contributed by atoms with Gasteiger partial charge in [-0.2, -0.15) is 0 Å². The van der Waals surface area contributed by atoms with Gasteiger partial charge in [0.05, 0.1) is 20.8 Å². The van der Waals surface area contributed by atoms with Crippen LogP contribution < -0.4 is 14.8 Å². The van der Waals surface area contributed by atoms with Gasteiger partial charge >= 0.3 is 0 Å². The molecule has 0 spiro atoms. The third-order valence-electron chi connectivity index (χ3n) is 5.16. The number of anilines is 1. The van der Waals surface area contributed by atoms with Crippen LogP contribution in [0.2, 0.25) is 0 Å². The van der Waals surface area contributed by atoms with Gasteiger partial charge in [0, 0.05) is 17.3 Å². The molecule has 0 saturated carbocycles. The summed E-state index contributed by atoms with van der Waals surface area (Å²) in [6, 6.07) is 12.1. The Kier molecular flexibility index (Phi) is 6.01. The molecule has 0 aromatic heterocycles. The Labute approximate surface area is 161 Å². The van der Waals surface area contributed by atoms with Crippen molar-refractivity contribution in [2.45, 2.75) is 32.7 Å². The Bertz CT molecular complexity index is 819. The minimum Gasteiger partial charge on any atom is -0.497 e. The van der Waals surface area contributed by atoms with Gasteiger partial charge < -0.3 is 14.8 Å². The maximum atomic E-state index is 12.7. The van der Waals surface area contributed by atoms with Crippen molar-refractivity contribution in [2.75, 3.05) is 32.6 Å². The van der Waals surface area contributed by atoms with E-state index >= 15 is 0 Å². The lowest BCUT2D eigenvalue weighted by Crippen LogP contribution is -2.33. The Hall–Kier alpha value is -2.53. The molecular formula is C22H28N2O3. The van der Waals surface area contributed by atoms with Crippen LogP contribution in [-0.2, 0) is 4.79 Å². The molecule has 1 aliphatic rings. The number of ether oxygens (including phenoxy) is 2. The highest BCUT2D eigenvalue weighted by Gasteiger charge is 2.30. The number of benzene rings is 2. The fourth-order valence-electron chi connectivity index (χ4n) is 3.80. The van der Waals surface area contributed by atoms with Gasteiger partial charge in [0.15, 0.2) is 0 Å². The van der Waals surface area contributed by atoms with E-state index in [1.165, 1.54) is 5.56 Å². The molecule has 0 bridgehead atoms. The lowest BCUT2D eigenvalue weighted by Gasteiger charge is -2.26. The number of methoxy groups -OCH3 is 2. The summed E-state index contributed by atoms with van der Waals surface area (Å²) in [6.45, 7) is 5.32. The summed E-state index contributed by atoms with van der Waals surface area (Å²) in [5.41, 5.74) is 4.22. The smallest absolute Gasteiger partial charge is 0.238 e. The molecule has 2 aromatic carbocycles. The van der Waals surface area contributed by atoms with Gasteiger partial charge in [-0.15, -0.1) is 0 Å². The molecule has 2 aromatic rings. The van der Waals surface area contributed by atoms with Crippen LogP contribution >= 0.6 is 0 Å². The highest BCUT2D eigenvalue weighted by atomic mass is 16.5. The molecule has 0 radical (unpaired) electrons. The first-order chi connectivity index (χ1) is 13.0. The Morgan fingerprint density at radius 2 is 1.96 bits per heavy atom. The third kappa shape index (κ3) is 4.42. The number of rotatable bonds is 6. The molecule has 1 heterocycles. The van der Waals surface area contributed by atoms with Gasteiger partial charge in [0.2, 0.25) is 5.91 Å². The average molecular weight is 368 g/mol. The number of hydrogen-bond acceptors (Lipinski definition) is 4. The molecule has 27 heavy (non-hydrogen) atoms. The van der Waals surface area contributed by atoms with E-state index in [0.717, 1.165) is 47.7 Å². The maximum absolute atomic E-state index is 12.7. The topological polar surface area (TPSA) is 50.8 Å². The molecule has 1 amide bonds. The quantitative estimate of drug-likeness (QED) is 0.834. The molecular weight excluding hydrogens is 340 g/mol. The van der Waals surface area contributed by atoms with E-state index < -0.39 is 0 Å². The van der Waals surface area contributed by atoms with Crippen molar-refractivity contribution < 1.29 is 14.3 Å². The molecule has 1 aliphatic heterocycles. The van der Waals surface area contributed by atoms with E-state index in [0.29, 0.717) is 6.54 Å². The standard InChI is InChI=1S/C22H28N2O3/c1-15-7-9-19(16(2)12-15)23-22(25)14-24-11-5-6-20(24)18-13-17(26-3)8-10-21(18)27-4/h7-10,12-13,20H,5-6,11,14H2,1-4H3,(H,23,25)/t20-/m0/s1. The van der Waals surface area contributed by atoms with Gasteiger partial charge in [-0.25, -0.2) is 0 Å². The summed E-state index contributed by atoms with van der Waals surface area (Å²) < 4.78 is 10.9. The van der Waals surface area contributed by atoms with Crippen LogP contribution in [0.5, 0.6) is 11.5 Å². The zero-order valence-corrected chi connectivity index (χ0v) is 16.5. The van der Waals surface area contributed by atoms with Crippen molar-refractivity contribution in [3.05, 3.63) is 53.1 Å². The molecule has 144 valence electrons. The van der Waals surface area contributed by atoms with Crippen LogP contribution in [0, 0.1) is 13.8 Å². The molecule has 0 unspecified atom stereocenters. The van der Waals surface area contributed by atoms with E-state index in [4.69, 9.17) is 9.47 Å². The first-order valence-corrected chi connectivity index (χ1v) is 9.35. The molecule has 3 rings (SSSR count). The van der Waals surface area contributed by atoms with Crippen LogP contribution in [0.25, 0.3) is 0 Å². The second-order valence-corrected chi connectivity index (χ2v) is 7.10. The number of likely N-dealkylation sites (tertiary alicyclic amines) is 1. The summed E-state index contributed by atoms with van der Waals surface area (Å²) in [5, 5.41) is 3.05. The Morgan fingerprint density at radius 1 is 1.15 bits per heavy atom. The number of amides is 1. The Morgan fingerprint density at radius 3 is 2.67 bits per heavy atom.